The van der Waals surface area contributed by atoms with Gasteiger partial charge in [0.05, 0.1) is 28.8 Å². The highest BCUT2D eigenvalue weighted by molar-refractivity contribution is 8.25. The van der Waals surface area contributed by atoms with Gasteiger partial charge in [0.15, 0.2) is 0 Å². The first kappa shape index (κ1) is 18.2. The fourth-order valence-electron chi connectivity index (χ4n) is 3.15. The molecule has 9 nitrogen and oxygen atoms in total. The van der Waals surface area contributed by atoms with E-state index in [0.29, 0.717) is 35.6 Å². The number of para-hydroxylation sites is 1. The summed E-state index contributed by atoms with van der Waals surface area (Å²) in [5.41, 5.74) is 2.66. The molecular formula is C16H19N5O4S2. The van der Waals surface area contributed by atoms with Crippen molar-refractivity contribution in [1.29, 1.82) is 0 Å². The first-order valence-corrected chi connectivity index (χ1v) is 11.4. The minimum atomic E-state index is -3.79. The molecule has 1 fully saturated rings. The summed E-state index contributed by atoms with van der Waals surface area (Å²) in [6, 6.07) is 10.9. The van der Waals surface area contributed by atoms with Crippen molar-refractivity contribution >= 4 is 32.0 Å². The van der Waals surface area contributed by atoms with Crippen molar-refractivity contribution in [2.75, 3.05) is 23.7 Å². The van der Waals surface area contributed by atoms with Crippen LogP contribution in [0.5, 0.6) is 0 Å². The topological polar surface area (TPSA) is 120 Å². The number of rotatable bonds is 4. The molecule has 3 N–H and O–H groups in total. The Hall–Kier alpha value is -2.18. The highest BCUT2D eigenvalue weighted by Gasteiger charge is 2.31. The van der Waals surface area contributed by atoms with Crippen LogP contribution in [0.2, 0.25) is 0 Å². The highest BCUT2D eigenvalue weighted by atomic mass is 32.3. The standard InChI is InChI=1S/C16H19N5O4S2/c1-17-27(24,25)16-18-11-12-7-8-15(21(12)19-16)13-5-2-3-6-14(13)20-9-4-10-26(20,22)23/h2-3,5-8,11,17,22-23H,4,9-10H2,1H3. The summed E-state index contributed by atoms with van der Waals surface area (Å²) in [4.78, 5) is 3.91. The van der Waals surface area contributed by atoms with E-state index >= 15 is 0 Å². The van der Waals surface area contributed by atoms with Crippen molar-refractivity contribution in [3.05, 3.63) is 42.6 Å². The molecule has 1 saturated heterocycles. The fraction of sp³-hybridized carbons (Fsp3) is 0.250. The minimum absolute atomic E-state index is 0.335. The molecule has 0 bridgehead atoms. The summed E-state index contributed by atoms with van der Waals surface area (Å²) in [5, 5.41) is 3.84. The molecule has 0 aliphatic carbocycles. The molecule has 27 heavy (non-hydrogen) atoms. The number of hydrogen-bond acceptors (Lipinski definition) is 7. The number of fused-ring (bicyclic) bond motifs is 1. The van der Waals surface area contributed by atoms with Crippen LogP contribution in [0, 0.1) is 0 Å². The molecule has 11 heteroatoms. The van der Waals surface area contributed by atoms with Gasteiger partial charge in [0.25, 0.3) is 15.2 Å². The Kier molecular flexibility index (Phi) is 4.35. The molecule has 0 spiro atoms. The van der Waals surface area contributed by atoms with E-state index < -0.39 is 20.8 Å². The number of nitrogens with one attached hydrogen (secondary N) is 1. The van der Waals surface area contributed by atoms with Gasteiger partial charge in [-0.2, -0.15) is 0 Å². The van der Waals surface area contributed by atoms with Crippen molar-refractivity contribution in [3.8, 4) is 11.3 Å². The second kappa shape index (κ2) is 6.46. The zero-order valence-electron chi connectivity index (χ0n) is 14.5. The van der Waals surface area contributed by atoms with Gasteiger partial charge in [-0.1, -0.05) is 18.2 Å². The quantitative estimate of drug-likeness (QED) is 0.604. The molecule has 0 radical (unpaired) electrons. The molecule has 1 aliphatic rings. The van der Waals surface area contributed by atoms with Crippen LogP contribution in [-0.2, 0) is 10.0 Å². The van der Waals surface area contributed by atoms with E-state index in [-0.39, 0.29) is 5.16 Å². The average Bonchev–Trinajstić information content (AvgIpc) is 3.23. The maximum atomic E-state index is 12.1. The van der Waals surface area contributed by atoms with Gasteiger partial charge < -0.3 is 0 Å². The van der Waals surface area contributed by atoms with Gasteiger partial charge in [0.1, 0.15) is 0 Å². The van der Waals surface area contributed by atoms with Gasteiger partial charge in [-0.05, 0) is 31.7 Å². The van der Waals surface area contributed by atoms with Gasteiger partial charge in [0.2, 0.25) is 0 Å². The zero-order valence-corrected chi connectivity index (χ0v) is 16.1. The van der Waals surface area contributed by atoms with E-state index in [0.717, 1.165) is 5.56 Å². The molecule has 144 valence electrons. The molecule has 0 unspecified atom stereocenters. The lowest BCUT2D eigenvalue weighted by molar-refractivity contribution is 0.491. The van der Waals surface area contributed by atoms with Gasteiger partial charge in [-0.15, -0.1) is 15.9 Å². The molecule has 0 amide bonds. The van der Waals surface area contributed by atoms with Crippen LogP contribution in [-0.4, -0.2) is 51.5 Å². The molecule has 0 atom stereocenters. The van der Waals surface area contributed by atoms with E-state index in [2.05, 4.69) is 14.8 Å². The van der Waals surface area contributed by atoms with Gasteiger partial charge in [-0.3, -0.25) is 13.4 Å². The Balaban J connectivity index is 1.90. The summed E-state index contributed by atoms with van der Waals surface area (Å²) in [6.07, 6.45) is 2.13. The van der Waals surface area contributed by atoms with E-state index in [1.54, 1.807) is 16.4 Å². The van der Waals surface area contributed by atoms with E-state index in [1.807, 2.05) is 24.3 Å². The second-order valence-corrected chi connectivity index (χ2v) is 10.0. The molecule has 1 aliphatic heterocycles. The molecule has 2 aromatic heterocycles. The third kappa shape index (κ3) is 3.07. The molecule has 3 aromatic rings. The molecule has 4 rings (SSSR count). The van der Waals surface area contributed by atoms with Crippen LogP contribution in [0.25, 0.3) is 16.8 Å². The van der Waals surface area contributed by atoms with Gasteiger partial charge >= 0.3 is 0 Å². The number of anilines is 1. The smallest absolute Gasteiger partial charge is 0.281 e. The Morgan fingerprint density at radius 3 is 2.67 bits per heavy atom. The molecular weight excluding hydrogens is 390 g/mol. The summed E-state index contributed by atoms with van der Waals surface area (Å²) >= 11 is 0. The van der Waals surface area contributed by atoms with Crippen LogP contribution in [0.15, 0.2) is 47.8 Å². The number of aromatic nitrogens is 3. The minimum Gasteiger partial charge on any atom is -0.282 e. The summed E-state index contributed by atoms with van der Waals surface area (Å²) in [7, 11) is -5.35. The zero-order chi connectivity index (χ0) is 19.2. The summed E-state index contributed by atoms with van der Waals surface area (Å²) in [6.45, 7) is 0.539. The van der Waals surface area contributed by atoms with E-state index in [1.165, 1.54) is 17.8 Å². The first-order chi connectivity index (χ1) is 12.8. The Labute approximate surface area is 158 Å². The van der Waals surface area contributed by atoms with Crippen molar-refractivity contribution in [2.24, 2.45) is 0 Å². The van der Waals surface area contributed by atoms with Crippen molar-refractivity contribution in [2.45, 2.75) is 11.6 Å². The molecule has 0 saturated carbocycles. The van der Waals surface area contributed by atoms with Crippen LogP contribution < -0.4 is 9.03 Å². The highest BCUT2D eigenvalue weighted by Crippen LogP contribution is 2.52. The van der Waals surface area contributed by atoms with Gasteiger partial charge in [-0.25, -0.2) is 22.6 Å². The van der Waals surface area contributed by atoms with E-state index in [4.69, 9.17) is 0 Å². The normalized spacial score (nSPS) is 18.1. The predicted molar refractivity (Wildman–Crippen MR) is 104 cm³/mol. The third-order valence-electron chi connectivity index (χ3n) is 4.47. The number of benzene rings is 1. The van der Waals surface area contributed by atoms with Crippen LogP contribution in [0.3, 0.4) is 0 Å². The lowest BCUT2D eigenvalue weighted by Gasteiger charge is -2.39. The van der Waals surface area contributed by atoms with Crippen molar-refractivity contribution in [3.63, 3.8) is 0 Å². The maximum Gasteiger partial charge on any atom is 0.281 e. The second-order valence-electron chi connectivity index (χ2n) is 6.11. The van der Waals surface area contributed by atoms with Crippen LogP contribution in [0.4, 0.5) is 5.69 Å². The Morgan fingerprint density at radius 2 is 1.96 bits per heavy atom. The van der Waals surface area contributed by atoms with E-state index in [9.17, 15) is 17.5 Å². The number of nitrogens with zero attached hydrogens (tertiary/aromatic N) is 4. The van der Waals surface area contributed by atoms with Gasteiger partial charge in [0, 0.05) is 12.1 Å². The van der Waals surface area contributed by atoms with Crippen LogP contribution in [0.1, 0.15) is 6.42 Å². The summed E-state index contributed by atoms with van der Waals surface area (Å²) < 4.78 is 50.2. The number of sulfonamides is 1. The lowest BCUT2D eigenvalue weighted by atomic mass is 10.1. The average molecular weight is 409 g/mol. The van der Waals surface area contributed by atoms with Crippen LogP contribution >= 0.6 is 10.8 Å². The SMILES string of the molecule is CNS(=O)(=O)c1ncc2ccc(-c3ccccc3N3CCCS3(O)O)n2n1. The van der Waals surface area contributed by atoms with Crippen molar-refractivity contribution in [1.82, 2.24) is 19.3 Å². The molecule has 3 heterocycles. The maximum absolute atomic E-state index is 12.1. The monoisotopic (exact) mass is 409 g/mol. The third-order valence-corrected chi connectivity index (χ3v) is 7.59. The first-order valence-electron chi connectivity index (χ1n) is 8.25. The van der Waals surface area contributed by atoms with Crippen molar-refractivity contribution < 1.29 is 17.5 Å². The molecule has 1 aromatic carbocycles. The Bertz CT molecular complexity index is 1110. The fourth-order valence-corrected chi connectivity index (χ4v) is 5.34. The Morgan fingerprint density at radius 1 is 1.19 bits per heavy atom. The lowest BCUT2D eigenvalue weighted by Crippen LogP contribution is -2.23. The number of hydrogen-bond donors (Lipinski definition) is 3. The predicted octanol–water partition coefficient (Wildman–Crippen LogP) is 2.18. The summed E-state index contributed by atoms with van der Waals surface area (Å²) in [5.74, 6) is 0.336. The largest absolute Gasteiger partial charge is 0.282 e.